The number of nitrogens with one attached hydrogen (secondary N) is 1. The molecule has 1 rings (SSSR count). The molecule has 1 aromatic heterocycles. The largest absolute Gasteiger partial charge is 0.385 e. The zero-order chi connectivity index (χ0) is 13.6. The summed E-state index contributed by atoms with van der Waals surface area (Å²) in [4.78, 5) is 0.0355. The Labute approximate surface area is 107 Å². The quantitative estimate of drug-likeness (QED) is 0.660. The highest BCUT2D eigenvalue weighted by Crippen LogP contribution is 2.17. The third-order valence-electron chi connectivity index (χ3n) is 2.39. The van der Waals surface area contributed by atoms with Gasteiger partial charge in [-0.15, -0.1) is 0 Å². The third-order valence-corrected chi connectivity index (χ3v) is 3.86. The van der Waals surface area contributed by atoms with Crippen molar-refractivity contribution in [3.05, 3.63) is 6.20 Å². The number of hydrogen-bond acceptors (Lipinski definition) is 5. The minimum absolute atomic E-state index is 0.0355. The summed E-state index contributed by atoms with van der Waals surface area (Å²) in [7, 11) is -2.01. The lowest BCUT2D eigenvalue weighted by atomic mass is 10.5. The van der Waals surface area contributed by atoms with Gasteiger partial charge in [0.1, 0.15) is 10.7 Å². The molecule has 0 aliphatic carbocycles. The summed E-state index contributed by atoms with van der Waals surface area (Å²) in [5.74, 6) is 0.177. The Kier molecular flexibility index (Phi) is 5.57. The normalized spacial score (nSPS) is 11.9. The van der Waals surface area contributed by atoms with E-state index in [0.717, 1.165) is 6.42 Å². The first kappa shape index (κ1) is 14.9. The van der Waals surface area contributed by atoms with Crippen LogP contribution in [-0.4, -0.2) is 38.5 Å². The van der Waals surface area contributed by atoms with E-state index >= 15 is 0 Å². The van der Waals surface area contributed by atoms with Crippen molar-refractivity contribution in [1.29, 1.82) is 0 Å². The van der Waals surface area contributed by atoms with Crippen molar-refractivity contribution < 1.29 is 13.2 Å². The molecule has 0 aliphatic rings. The van der Waals surface area contributed by atoms with Gasteiger partial charge in [0.15, 0.2) is 0 Å². The van der Waals surface area contributed by atoms with Crippen LogP contribution < -0.4 is 10.5 Å². The summed E-state index contributed by atoms with van der Waals surface area (Å²) >= 11 is 0. The van der Waals surface area contributed by atoms with Crippen LogP contribution in [0.15, 0.2) is 11.1 Å². The van der Waals surface area contributed by atoms with Gasteiger partial charge in [-0.05, 0) is 12.8 Å². The van der Waals surface area contributed by atoms with Crippen LogP contribution in [-0.2, 0) is 21.3 Å². The van der Waals surface area contributed by atoms with E-state index < -0.39 is 10.0 Å². The molecular formula is C10H20N4O3S. The maximum absolute atomic E-state index is 11.9. The maximum Gasteiger partial charge on any atom is 0.245 e. The summed E-state index contributed by atoms with van der Waals surface area (Å²) in [5.41, 5.74) is 5.76. The van der Waals surface area contributed by atoms with Gasteiger partial charge in [0, 0.05) is 26.8 Å². The number of rotatable bonds is 8. The van der Waals surface area contributed by atoms with Gasteiger partial charge in [-0.25, -0.2) is 17.8 Å². The van der Waals surface area contributed by atoms with E-state index in [1.165, 1.54) is 10.9 Å². The van der Waals surface area contributed by atoms with Gasteiger partial charge in [0.2, 0.25) is 10.0 Å². The van der Waals surface area contributed by atoms with Crippen molar-refractivity contribution in [1.82, 2.24) is 14.5 Å². The summed E-state index contributed by atoms with van der Waals surface area (Å²) < 4.78 is 32.7. The second kappa shape index (κ2) is 6.72. The number of aryl methyl sites for hydroxylation is 1. The number of sulfonamides is 1. The first-order valence-electron chi connectivity index (χ1n) is 5.82. The van der Waals surface area contributed by atoms with Crippen LogP contribution in [0.4, 0.5) is 5.82 Å². The molecular weight excluding hydrogens is 256 g/mol. The highest BCUT2D eigenvalue weighted by Gasteiger charge is 2.20. The van der Waals surface area contributed by atoms with Gasteiger partial charge in [-0.1, -0.05) is 6.92 Å². The van der Waals surface area contributed by atoms with Crippen LogP contribution >= 0.6 is 0 Å². The van der Waals surface area contributed by atoms with Crippen molar-refractivity contribution in [3.8, 4) is 0 Å². The summed E-state index contributed by atoms with van der Waals surface area (Å²) in [6.45, 7) is 3.39. The maximum atomic E-state index is 11.9. The fraction of sp³-hybridized carbons (Fsp3) is 0.700. The average Bonchev–Trinajstić information content (AvgIpc) is 2.68. The predicted molar refractivity (Wildman–Crippen MR) is 68.6 cm³/mol. The SMILES string of the molecule is CCCn1ncc(S(=O)(=O)NCCCOC)c1N. The molecule has 0 amide bonds. The van der Waals surface area contributed by atoms with Crippen molar-refractivity contribution in [3.63, 3.8) is 0 Å². The number of nitrogen functional groups attached to an aromatic ring is 1. The van der Waals surface area contributed by atoms with Gasteiger partial charge in [-0.3, -0.25) is 0 Å². The molecule has 1 heterocycles. The number of anilines is 1. The van der Waals surface area contributed by atoms with E-state index in [4.69, 9.17) is 10.5 Å². The average molecular weight is 276 g/mol. The molecule has 1 aromatic rings. The summed E-state index contributed by atoms with van der Waals surface area (Å²) in [6, 6.07) is 0. The van der Waals surface area contributed by atoms with E-state index in [1.54, 1.807) is 7.11 Å². The van der Waals surface area contributed by atoms with Crippen LogP contribution in [0.3, 0.4) is 0 Å². The molecule has 104 valence electrons. The topological polar surface area (TPSA) is 99.2 Å². The lowest BCUT2D eigenvalue weighted by Gasteiger charge is -2.06. The van der Waals surface area contributed by atoms with E-state index in [2.05, 4.69) is 9.82 Å². The van der Waals surface area contributed by atoms with Crippen molar-refractivity contribution in [2.45, 2.75) is 31.2 Å². The molecule has 7 nitrogen and oxygen atoms in total. The number of ether oxygens (including phenoxy) is 1. The Balaban J connectivity index is 2.72. The van der Waals surface area contributed by atoms with Crippen molar-refractivity contribution in [2.24, 2.45) is 0 Å². The van der Waals surface area contributed by atoms with Crippen LogP contribution in [0, 0.1) is 0 Å². The van der Waals surface area contributed by atoms with Gasteiger partial charge in [-0.2, -0.15) is 5.10 Å². The minimum atomic E-state index is -3.58. The third kappa shape index (κ3) is 3.69. The van der Waals surface area contributed by atoms with E-state index in [-0.39, 0.29) is 10.7 Å². The van der Waals surface area contributed by atoms with Crippen LogP contribution in [0.1, 0.15) is 19.8 Å². The molecule has 0 atom stereocenters. The standard InChI is InChI=1S/C10H20N4O3S/c1-3-6-14-10(11)9(8-12-14)18(15,16)13-5-4-7-17-2/h8,13H,3-7,11H2,1-2H3. The lowest BCUT2D eigenvalue weighted by molar-refractivity contribution is 0.196. The number of hydrogen-bond donors (Lipinski definition) is 2. The molecule has 3 N–H and O–H groups in total. The van der Waals surface area contributed by atoms with Gasteiger partial charge < -0.3 is 10.5 Å². The molecule has 18 heavy (non-hydrogen) atoms. The predicted octanol–water partition coefficient (Wildman–Crippen LogP) is 0.190. The highest BCUT2D eigenvalue weighted by molar-refractivity contribution is 7.89. The molecule has 0 aliphatic heterocycles. The van der Waals surface area contributed by atoms with Crippen molar-refractivity contribution >= 4 is 15.8 Å². The lowest BCUT2D eigenvalue weighted by Crippen LogP contribution is -2.26. The summed E-state index contributed by atoms with van der Waals surface area (Å²) in [6.07, 6.45) is 2.73. The Bertz CT molecular complexity index is 469. The molecule has 0 spiro atoms. The molecule has 8 heteroatoms. The van der Waals surface area contributed by atoms with E-state index in [0.29, 0.717) is 26.1 Å². The number of methoxy groups -OCH3 is 1. The molecule has 0 unspecified atom stereocenters. The fourth-order valence-corrected chi connectivity index (χ4v) is 2.61. The Morgan fingerprint density at radius 3 is 2.89 bits per heavy atom. The second-order valence-corrected chi connectivity index (χ2v) is 5.60. The van der Waals surface area contributed by atoms with E-state index in [9.17, 15) is 8.42 Å². The Hall–Kier alpha value is -1.12. The first-order valence-corrected chi connectivity index (χ1v) is 7.31. The van der Waals surface area contributed by atoms with Gasteiger partial charge in [0.25, 0.3) is 0 Å². The molecule has 0 saturated heterocycles. The number of aromatic nitrogens is 2. The van der Waals surface area contributed by atoms with Gasteiger partial charge in [0.05, 0.1) is 6.20 Å². The highest BCUT2D eigenvalue weighted by atomic mass is 32.2. The van der Waals surface area contributed by atoms with Gasteiger partial charge >= 0.3 is 0 Å². The minimum Gasteiger partial charge on any atom is -0.385 e. The zero-order valence-corrected chi connectivity index (χ0v) is 11.5. The summed E-state index contributed by atoms with van der Waals surface area (Å²) in [5, 5.41) is 3.96. The second-order valence-electron chi connectivity index (χ2n) is 3.86. The number of nitrogens with two attached hydrogens (primary N) is 1. The first-order chi connectivity index (χ1) is 8.53. The Morgan fingerprint density at radius 1 is 1.56 bits per heavy atom. The van der Waals surface area contributed by atoms with Crippen LogP contribution in [0.25, 0.3) is 0 Å². The molecule has 0 saturated carbocycles. The van der Waals surface area contributed by atoms with Crippen molar-refractivity contribution in [2.75, 3.05) is 26.0 Å². The zero-order valence-electron chi connectivity index (χ0n) is 10.7. The smallest absolute Gasteiger partial charge is 0.245 e. The molecule has 0 aromatic carbocycles. The monoisotopic (exact) mass is 276 g/mol. The Morgan fingerprint density at radius 2 is 2.28 bits per heavy atom. The fourth-order valence-electron chi connectivity index (χ4n) is 1.48. The van der Waals surface area contributed by atoms with Crippen LogP contribution in [0.5, 0.6) is 0 Å². The van der Waals surface area contributed by atoms with Crippen LogP contribution in [0.2, 0.25) is 0 Å². The van der Waals surface area contributed by atoms with E-state index in [1.807, 2.05) is 6.92 Å². The molecule has 0 bridgehead atoms. The molecule has 0 fully saturated rings. The number of nitrogens with zero attached hydrogens (tertiary/aromatic N) is 2. The molecule has 0 radical (unpaired) electrons.